The smallest absolute Gasteiger partial charge is 0.241 e. The fourth-order valence-electron chi connectivity index (χ4n) is 1.78. The first-order chi connectivity index (χ1) is 10.1. The second-order valence-corrected chi connectivity index (χ2v) is 5.21. The first-order valence-corrected chi connectivity index (χ1v) is 6.90. The van der Waals surface area contributed by atoms with Crippen LogP contribution >= 0.6 is 11.6 Å². The highest BCUT2D eigenvalue weighted by molar-refractivity contribution is 6.28. The first kappa shape index (κ1) is 13.7. The predicted octanol–water partition coefficient (Wildman–Crippen LogP) is 0.425. The van der Waals surface area contributed by atoms with Gasteiger partial charge in [-0.1, -0.05) is 0 Å². The molecule has 0 bridgehead atoms. The van der Waals surface area contributed by atoms with E-state index in [0.717, 1.165) is 12.8 Å². The minimum Gasteiger partial charge on any atom is -0.352 e. The van der Waals surface area contributed by atoms with Gasteiger partial charge in [0.05, 0.1) is 6.54 Å². The predicted molar refractivity (Wildman–Crippen MR) is 76.4 cm³/mol. The molecule has 1 aliphatic rings. The van der Waals surface area contributed by atoms with Gasteiger partial charge in [-0.15, -0.1) is 0 Å². The van der Waals surface area contributed by atoms with E-state index in [-0.39, 0.29) is 17.7 Å². The number of halogens is 1. The van der Waals surface area contributed by atoms with Crippen LogP contribution in [-0.2, 0) is 4.79 Å². The number of nitrogens with one attached hydrogen (secondary N) is 1. The van der Waals surface area contributed by atoms with Gasteiger partial charge in [0.2, 0.25) is 23.1 Å². The highest BCUT2D eigenvalue weighted by atomic mass is 35.5. The van der Waals surface area contributed by atoms with E-state index in [0.29, 0.717) is 17.9 Å². The van der Waals surface area contributed by atoms with E-state index in [2.05, 4.69) is 25.3 Å². The fourth-order valence-corrected chi connectivity index (χ4v) is 1.93. The maximum atomic E-state index is 11.8. The van der Waals surface area contributed by atoms with Crippen LogP contribution < -0.4 is 10.2 Å². The van der Waals surface area contributed by atoms with Gasteiger partial charge in [-0.05, 0) is 24.4 Å². The van der Waals surface area contributed by atoms with Crippen LogP contribution in [0.5, 0.6) is 0 Å². The molecular formula is C12H14ClN7O. The Morgan fingerprint density at radius 2 is 2.29 bits per heavy atom. The highest BCUT2D eigenvalue weighted by Gasteiger charge is 2.24. The number of amides is 1. The summed E-state index contributed by atoms with van der Waals surface area (Å²) in [5.41, 5.74) is 0. The monoisotopic (exact) mass is 307 g/mol. The van der Waals surface area contributed by atoms with E-state index < -0.39 is 0 Å². The van der Waals surface area contributed by atoms with Gasteiger partial charge in [-0.2, -0.15) is 15.0 Å². The van der Waals surface area contributed by atoms with Gasteiger partial charge in [0.1, 0.15) is 6.33 Å². The first-order valence-electron chi connectivity index (χ1n) is 6.52. The zero-order valence-corrected chi connectivity index (χ0v) is 12.2. The Hall–Kier alpha value is -2.22. The third-order valence-corrected chi connectivity index (χ3v) is 3.15. The summed E-state index contributed by atoms with van der Waals surface area (Å²) in [6.07, 6.45) is 6.99. The molecule has 1 aliphatic carbocycles. The lowest BCUT2D eigenvalue weighted by molar-refractivity contribution is -0.119. The lowest BCUT2D eigenvalue weighted by Crippen LogP contribution is -2.37. The van der Waals surface area contributed by atoms with Gasteiger partial charge in [0.25, 0.3) is 0 Å². The van der Waals surface area contributed by atoms with E-state index in [4.69, 9.17) is 11.6 Å². The summed E-state index contributed by atoms with van der Waals surface area (Å²) in [5.74, 6) is 0.641. The molecule has 0 unspecified atom stereocenters. The number of aromatic nitrogens is 5. The molecule has 2 heterocycles. The van der Waals surface area contributed by atoms with Gasteiger partial charge < -0.3 is 10.2 Å². The van der Waals surface area contributed by atoms with Crippen LogP contribution in [-0.4, -0.2) is 50.0 Å². The zero-order valence-electron chi connectivity index (χ0n) is 11.4. The Morgan fingerprint density at radius 1 is 1.48 bits per heavy atom. The summed E-state index contributed by atoms with van der Waals surface area (Å²) >= 11 is 5.92. The summed E-state index contributed by atoms with van der Waals surface area (Å²) in [5, 5.41) is 2.98. The molecule has 1 fully saturated rings. The van der Waals surface area contributed by atoms with Gasteiger partial charge in [-0.3, -0.25) is 9.36 Å². The molecule has 1 saturated carbocycles. The summed E-state index contributed by atoms with van der Waals surface area (Å²) in [4.78, 5) is 29.7. The molecule has 1 N–H and O–H groups in total. The zero-order chi connectivity index (χ0) is 14.8. The van der Waals surface area contributed by atoms with Crippen molar-refractivity contribution in [3.05, 3.63) is 24.0 Å². The van der Waals surface area contributed by atoms with E-state index in [9.17, 15) is 4.79 Å². The van der Waals surface area contributed by atoms with Crippen molar-refractivity contribution in [3.63, 3.8) is 0 Å². The number of rotatable bonds is 5. The normalized spacial score (nSPS) is 14.0. The Bertz CT molecular complexity index is 641. The number of carbonyl (C=O) groups excluding carboxylic acids is 1. The van der Waals surface area contributed by atoms with Crippen LogP contribution in [0, 0.1) is 0 Å². The van der Waals surface area contributed by atoms with Crippen LogP contribution in [0.3, 0.4) is 0 Å². The second kappa shape index (κ2) is 5.65. The molecule has 0 spiro atoms. The van der Waals surface area contributed by atoms with E-state index in [1.54, 1.807) is 35.2 Å². The molecule has 3 rings (SSSR count). The SMILES string of the molecule is CN(CC(=O)NC1CC1)c1nc(Cl)nc(-n2ccnc2)n1. The topological polar surface area (TPSA) is 88.8 Å². The number of hydrogen-bond donors (Lipinski definition) is 1. The van der Waals surface area contributed by atoms with Crippen molar-refractivity contribution >= 4 is 23.5 Å². The molecule has 1 amide bonds. The lowest BCUT2D eigenvalue weighted by atomic mass is 10.5. The molecule has 0 aliphatic heterocycles. The maximum absolute atomic E-state index is 11.8. The highest BCUT2D eigenvalue weighted by Crippen LogP contribution is 2.18. The largest absolute Gasteiger partial charge is 0.352 e. The van der Waals surface area contributed by atoms with Crippen molar-refractivity contribution in [2.24, 2.45) is 0 Å². The van der Waals surface area contributed by atoms with Crippen LogP contribution in [0.15, 0.2) is 18.7 Å². The number of likely N-dealkylation sites (N-methyl/N-ethyl adjacent to an activating group) is 1. The molecule has 21 heavy (non-hydrogen) atoms. The molecule has 0 aromatic carbocycles. The molecule has 0 radical (unpaired) electrons. The number of imidazole rings is 1. The average Bonchev–Trinajstić information content (AvgIpc) is 3.07. The fraction of sp³-hybridized carbons (Fsp3) is 0.417. The molecule has 2 aromatic heterocycles. The minimum atomic E-state index is -0.0549. The Labute approximate surface area is 126 Å². The van der Waals surface area contributed by atoms with Crippen molar-refractivity contribution < 1.29 is 4.79 Å². The summed E-state index contributed by atoms with van der Waals surface area (Å²) in [6.45, 7) is 0.167. The Morgan fingerprint density at radius 3 is 2.95 bits per heavy atom. The molecule has 0 saturated heterocycles. The lowest BCUT2D eigenvalue weighted by Gasteiger charge is -2.17. The standard InChI is InChI=1S/C12H14ClN7O/c1-19(6-9(21)15-8-2-3-8)11-16-10(13)17-12(18-11)20-5-4-14-7-20/h4-5,7-8H,2-3,6H2,1H3,(H,15,21). The third-order valence-electron chi connectivity index (χ3n) is 2.98. The number of hydrogen-bond acceptors (Lipinski definition) is 6. The number of carbonyl (C=O) groups is 1. The quantitative estimate of drug-likeness (QED) is 0.861. The van der Waals surface area contributed by atoms with Gasteiger partial charge in [0, 0.05) is 25.5 Å². The van der Waals surface area contributed by atoms with Crippen LogP contribution in [0.4, 0.5) is 5.95 Å². The van der Waals surface area contributed by atoms with Crippen molar-refractivity contribution in [3.8, 4) is 5.95 Å². The summed E-state index contributed by atoms with van der Waals surface area (Å²) in [7, 11) is 1.73. The van der Waals surface area contributed by atoms with Crippen molar-refractivity contribution in [1.82, 2.24) is 29.8 Å². The second-order valence-electron chi connectivity index (χ2n) is 4.87. The van der Waals surface area contributed by atoms with Gasteiger partial charge >= 0.3 is 0 Å². The van der Waals surface area contributed by atoms with Gasteiger partial charge in [0.15, 0.2) is 0 Å². The molecule has 9 heteroatoms. The average molecular weight is 308 g/mol. The van der Waals surface area contributed by atoms with E-state index in [1.807, 2.05) is 0 Å². The number of anilines is 1. The summed E-state index contributed by atoms with van der Waals surface area (Å²) in [6, 6.07) is 0.328. The van der Waals surface area contributed by atoms with E-state index >= 15 is 0 Å². The Kier molecular flexibility index (Phi) is 3.70. The summed E-state index contributed by atoms with van der Waals surface area (Å²) < 4.78 is 1.62. The van der Waals surface area contributed by atoms with Crippen LogP contribution in [0.25, 0.3) is 5.95 Å². The van der Waals surface area contributed by atoms with Gasteiger partial charge in [-0.25, -0.2) is 4.98 Å². The van der Waals surface area contributed by atoms with Crippen molar-refractivity contribution in [2.45, 2.75) is 18.9 Å². The molecule has 0 atom stereocenters. The number of nitrogens with zero attached hydrogens (tertiary/aromatic N) is 6. The van der Waals surface area contributed by atoms with Crippen molar-refractivity contribution in [2.75, 3.05) is 18.5 Å². The minimum absolute atomic E-state index is 0.0549. The van der Waals surface area contributed by atoms with E-state index in [1.165, 1.54) is 0 Å². The maximum Gasteiger partial charge on any atom is 0.241 e. The Balaban J connectivity index is 1.75. The molecule has 110 valence electrons. The molecule has 8 nitrogen and oxygen atoms in total. The molecular weight excluding hydrogens is 294 g/mol. The third kappa shape index (κ3) is 3.46. The van der Waals surface area contributed by atoms with Crippen LogP contribution in [0.2, 0.25) is 5.28 Å². The van der Waals surface area contributed by atoms with Crippen molar-refractivity contribution in [1.29, 1.82) is 0 Å². The molecule has 2 aromatic rings. The van der Waals surface area contributed by atoms with Crippen LogP contribution in [0.1, 0.15) is 12.8 Å².